The van der Waals surface area contributed by atoms with Crippen LogP contribution in [0.3, 0.4) is 0 Å². The van der Waals surface area contributed by atoms with Crippen molar-refractivity contribution in [1.82, 2.24) is 23.7 Å². The van der Waals surface area contributed by atoms with E-state index < -0.39 is 0 Å². The van der Waals surface area contributed by atoms with Gasteiger partial charge in [0.15, 0.2) is 0 Å². The summed E-state index contributed by atoms with van der Waals surface area (Å²) in [4.78, 5) is 10.3. The van der Waals surface area contributed by atoms with Crippen LogP contribution in [0.15, 0.2) is 176 Å². The molecule has 51 heavy (non-hydrogen) atoms. The molecule has 11 rings (SSSR count). The fourth-order valence-electron chi connectivity index (χ4n) is 8.12. The third-order valence-electron chi connectivity index (χ3n) is 10.3. The summed E-state index contributed by atoms with van der Waals surface area (Å²) in [6, 6.07) is 60.6. The average Bonchev–Trinajstić information content (AvgIpc) is 3.86. The minimum Gasteiger partial charge on any atom is -0.309 e. The minimum absolute atomic E-state index is 0.860. The van der Waals surface area contributed by atoms with Gasteiger partial charge in [0, 0.05) is 50.1 Å². The maximum Gasteiger partial charge on any atom is 0.145 e. The van der Waals surface area contributed by atoms with Crippen molar-refractivity contribution >= 4 is 65.5 Å². The first-order valence-corrected chi connectivity index (χ1v) is 17.3. The van der Waals surface area contributed by atoms with Crippen LogP contribution >= 0.6 is 0 Å². The molecule has 0 saturated heterocycles. The van der Waals surface area contributed by atoms with Gasteiger partial charge in [-0.05, 0) is 66.7 Å². The van der Waals surface area contributed by atoms with Crippen LogP contribution in [0.2, 0.25) is 0 Å². The molecule has 0 amide bonds. The largest absolute Gasteiger partial charge is 0.309 e. The molecule has 0 N–H and O–H groups in total. The first-order chi connectivity index (χ1) is 25.3. The molecule has 0 aliphatic heterocycles. The molecule has 0 fully saturated rings. The van der Waals surface area contributed by atoms with Gasteiger partial charge < -0.3 is 9.13 Å². The van der Waals surface area contributed by atoms with E-state index >= 15 is 0 Å². The van der Waals surface area contributed by atoms with E-state index in [2.05, 4.69) is 177 Å². The van der Waals surface area contributed by atoms with Gasteiger partial charge in [-0.1, -0.05) is 103 Å². The average molecular weight is 652 g/mol. The molecule has 5 heteroatoms. The Morgan fingerprint density at radius 3 is 1.45 bits per heavy atom. The summed E-state index contributed by atoms with van der Waals surface area (Å²) in [7, 11) is 0. The molecule has 0 saturated carbocycles. The highest BCUT2D eigenvalue weighted by Gasteiger charge is 2.21. The van der Waals surface area contributed by atoms with Gasteiger partial charge in [0.05, 0.1) is 44.3 Å². The van der Waals surface area contributed by atoms with Crippen molar-refractivity contribution in [2.75, 3.05) is 0 Å². The molecule has 0 spiro atoms. The van der Waals surface area contributed by atoms with Crippen LogP contribution in [0.4, 0.5) is 0 Å². The monoisotopic (exact) mass is 651 g/mol. The molecule has 238 valence electrons. The first kappa shape index (κ1) is 27.9. The van der Waals surface area contributed by atoms with Crippen molar-refractivity contribution < 1.29 is 0 Å². The Bertz CT molecular complexity index is 2910. The van der Waals surface area contributed by atoms with E-state index in [0.29, 0.717) is 0 Å². The standard InChI is InChI=1S/C46H29N5/c1-6-20-39-34(15-1)35-16-2-7-21-40(35)49(39)32-27-31(28-33(29-32)50-41-22-8-3-17-36(41)37-18-4-9-23-42(37)50)46-48-38-19-5-10-24-43(38)51(46)44-25-11-13-30-14-12-26-47-45(30)44/h1-29H. The molecule has 0 unspecified atom stereocenters. The van der Waals surface area contributed by atoms with Crippen molar-refractivity contribution in [2.24, 2.45) is 0 Å². The van der Waals surface area contributed by atoms with Gasteiger partial charge in [0.2, 0.25) is 0 Å². The van der Waals surface area contributed by atoms with Gasteiger partial charge in [-0.15, -0.1) is 0 Å². The highest BCUT2D eigenvalue weighted by atomic mass is 15.1. The summed E-state index contributed by atoms with van der Waals surface area (Å²) < 4.78 is 7.08. The Kier molecular flexibility index (Phi) is 5.89. The molecule has 5 nitrogen and oxygen atoms in total. The quantitative estimate of drug-likeness (QED) is 0.190. The summed E-state index contributed by atoms with van der Waals surface area (Å²) in [5, 5.41) is 6.00. The normalized spacial score (nSPS) is 11.9. The molecule has 0 aliphatic rings. The number of benzene rings is 7. The van der Waals surface area contributed by atoms with Gasteiger partial charge in [-0.3, -0.25) is 9.55 Å². The van der Waals surface area contributed by atoms with Crippen LogP contribution in [0, 0.1) is 0 Å². The van der Waals surface area contributed by atoms with E-state index in [0.717, 1.165) is 72.5 Å². The van der Waals surface area contributed by atoms with E-state index in [9.17, 15) is 0 Å². The second kappa shape index (κ2) is 10.8. The Morgan fingerprint density at radius 1 is 0.392 bits per heavy atom. The Morgan fingerprint density at radius 2 is 0.882 bits per heavy atom. The van der Waals surface area contributed by atoms with E-state index in [1.54, 1.807) is 0 Å². The first-order valence-electron chi connectivity index (χ1n) is 17.3. The molecule has 0 bridgehead atoms. The number of fused-ring (bicyclic) bond motifs is 8. The van der Waals surface area contributed by atoms with Gasteiger partial charge in [0.25, 0.3) is 0 Å². The second-order valence-corrected chi connectivity index (χ2v) is 13.1. The fraction of sp³-hybridized carbons (Fsp3) is 0. The van der Waals surface area contributed by atoms with Gasteiger partial charge in [-0.25, -0.2) is 4.98 Å². The summed E-state index contributed by atoms with van der Waals surface area (Å²) in [6.45, 7) is 0. The number of hydrogen-bond acceptors (Lipinski definition) is 2. The highest BCUT2D eigenvalue weighted by molar-refractivity contribution is 6.10. The van der Waals surface area contributed by atoms with Gasteiger partial charge in [0.1, 0.15) is 5.82 Å². The van der Waals surface area contributed by atoms with Crippen molar-refractivity contribution in [3.63, 3.8) is 0 Å². The number of nitrogens with zero attached hydrogens (tertiary/aromatic N) is 5. The molecule has 11 aromatic rings. The Balaban J connectivity index is 1.29. The third-order valence-corrected chi connectivity index (χ3v) is 10.3. The van der Waals surface area contributed by atoms with Crippen molar-refractivity contribution in [3.05, 3.63) is 176 Å². The molecular formula is C46H29N5. The zero-order valence-corrected chi connectivity index (χ0v) is 27.5. The van der Waals surface area contributed by atoms with Gasteiger partial charge in [-0.2, -0.15) is 0 Å². The van der Waals surface area contributed by atoms with E-state index in [4.69, 9.17) is 9.97 Å². The Hall–Kier alpha value is -6.98. The SMILES string of the molecule is c1cnc2c(-n3c(-c4cc(-n5c6ccccc6c6ccccc65)cc(-n5c6ccccc6c6ccccc65)c4)nc4ccccc43)cccc2c1. The van der Waals surface area contributed by atoms with E-state index in [1.165, 1.54) is 21.5 Å². The van der Waals surface area contributed by atoms with Crippen LogP contribution in [-0.2, 0) is 0 Å². The molecule has 0 aliphatic carbocycles. The van der Waals surface area contributed by atoms with Crippen molar-refractivity contribution in [2.45, 2.75) is 0 Å². The molecular weight excluding hydrogens is 623 g/mol. The number of rotatable bonds is 4. The molecule has 4 aromatic heterocycles. The van der Waals surface area contributed by atoms with Crippen molar-refractivity contribution in [3.8, 4) is 28.5 Å². The third kappa shape index (κ3) is 4.09. The molecule has 0 atom stereocenters. The summed E-state index contributed by atoms with van der Waals surface area (Å²) in [5.74, 6) is 0.860. The number of para-hydroxylation sites is 7. The number of aromatic nitrogens is 5. The predicted molar refractivity (Wildman–Crippen MR) is 210 cm³/mol. The minimum atomic E-state index is 0.860. The highest BCUT2D eigenvalue weighted by Crippen LogP contribution is 2.39. The van der Waals surface area contributed by atoms with Crippen LogP contribution in [-0.4, -0.2) is 23.7 Å². The lowest BCUT2D eigenvalue weighted by Crippen LogP contribution is -2.03. The smallest absolute Gasteiger partial charge is 0.145 e. The zero-order valence-electron chi connectivity index (χ0n) is 27.5. The Labute approximate surface area is 292 Å². The maximum absolute atomic E-state index is 5.38. The van der Waals surface area contributed by atoms with Crippen LogP contribution in [0.1, 0.15) is 0 Å². The molecule has 4 heterocycles. The fourth-order valence-corrected chi connectivity index (χ4v) is 8.12. The summed E-state index contributed by atoms with van der Waals surface area (Å²) in [6.07, 6.45) is 1.87. The van der Waals surface area contributed by atoms with Crippen molar-refractivity contribution in [1.29, 1.82) is 0 Å². The number of hydrogen-bond donors (Lipinski definition) is 0. The van der Waals surface area contributed by atoms with E-state index in [-0.39, 0.29) is 0 Å². The molecule has 7 aromatic carbocycles. The molecule has 0 radical (unpaired) electrons. The van der Waals surface area contributed by atoms with Gasteiger partial charge >= 0.3 is 0 Å². The zero-order chi connectivity index (χ0) is 33.5. The maximum atomic E-state index is 5.38. The lowest BCUT2D eigenvalue weighted by molar-refractivity contribution is 1.09. The summed E-state index contributed by atoms with van der Waals surface area (Å²) >= 11 is 0. The second-order valence-electron chi connectivity index (χ2n) is 13.1. The predicted octanol–water partition coefficient (Wildman–Crippen LogP) is 11.4. The lowest BCUT2D eigenvalue weighted by atomic mass is 10.1. The van der Waals surface area contributed by atoms with E-state index in [1.807, 2.05) is 12.3 Å². The van der Waals surface area contributed by atoms with Crippen LogP contribution in [0.5, 0.6) is 0 Å². The van der Waals surface area contributed by atoms with Crippen LogP contribution in [0.25, 0.3) is 94.0 Å². The number of imidazole rings is 1. The number of pyridine rings is 1. The summed E-state index contributed by atoms with van der Waals surface area (Å²) in [5.41, 5.74) is 11.7. The topological polar surface area (TPSA) is 40.6 Å². The van der Waals surface area contributed by atoms with Crippen LogP contribution < -0.4 is 0 Å². The lowest BCUT2D eigenvalue weighted by Gasteiger charge is -2.17.